The van der Waals surface area contributed by atoms with Gasteiger partial charge in [0.25, 0.3) is 0 Å². The van der Waals surface area contributed by atoms with Gasteiger partial charge in [-0.15, -0.1) is 0 Å². The highest BCUT2D eigenvalue weighted by atomic mass is 35.5. The van der Waals surface area contributed by atoms with Gasteiger partial charge in [-0.2, -0.15) is 0 Å². The van der Waals surface area contributed by atoms with Crippen LogP contribution < -0.4 is 0 Å². The summed E-state index contributed by atoms with van der Waals surface area (Å²) in [4.78, 5) is 14.9. The van der Waals surface area contributed by atoms with Gasteiger partial charge in [0.1, 0.15) is 0 Å². The summed E-state index contributed by atoms with van der Waals surface area (Å²) in [7, 11) is 0. The molecule has 0 bridgehead atoms. The largest absolute Gasteiger partial charge is 0.478 e. The number of carboxylic acids is 1. The zero-order chi connectivity index (χ0) is 11.0. The summed E-state index contributed by atoms with van der Waals surface area (Å²) in [6.07, 6.45) is 1.42. The van der Waals surface area contributed by atoms with Crippen LogP contribution in [0, 0.1) is 0 Å². The minimum absolute atomic E-state index is 0.127. The number of rotatable bonds is 1. The van der Waals surface area contributed by atoms with Crippen molar-refractivity contribution in [2.75, 3.05) is 0 Å². The van der Waals surface area contributed by atoms with Crippen LogP contribution in [0.15, 0.2) is 24.4 Å². The van der Waals surface area contributed by atoms with E-state index in [-0.39, 0.29) is 5.56 Å². The lowest BCUT2D eigenvalue weighted by Gasteiger charge is -2.04. The van der Waals surface area contributed by atoms with Crippen LogP contribution in [0.3, 0.4) is 0 Å². The highest BCUT2D eigenvalue weighted by Gasteiger charge is 2.12. The molecule has 0 saturated heterocycles. The first-order valence-corrected chi connectivity index (χ1v) is 4.82. The minimum Gasteiger partial charge on any atom is -0.478 e. The lowest BCUT2D eigenvalue weighted by molar-refractivity contribution is 0.0699. The highest BCUT2D eigenvalue weighted by Crippen LogP contribution is 2.29. The van der Waals surface area contributed by atoms with Gasteiger partial charge in [0.15, 0.2) is 0 Å². The molecule has 2 aromatic rings. The van der Waals surface area contributed by atoms with Crippen molar-refractivity contribution in [3.63, 3.8) is 0 Å². The maximum absolute atomic E-state index is 10.9. The molecule has 0 radical (unpaired) electrons. The van der Waals surface area contributed by atoms with E-state index in [1.165, 1.54) is 18.3 Å². The Kier molecular flexibility index (Phi) is 2.50. The number of pyridine rings is 1. The zero-order valence-corrected chi connectivity index (χ0v) is 8.88. The Hall–Kier alpha value is -1.32. The van der Waals surface area contributed by atoms with Crippen LogP contribution in [-0.4, -0.2) is 16.1 Å². The second-order valence-electron chi connectivity index (χ2n) is 2.95. The average molecular weight is 242 g/mol. The molecule has 1 aromatic carbocycles. The molecule has 5 heteroatoms. The van der Waals surface area contributed by atoms with Crippen LogP contribution in [-0.2, 0) is 0 Å². The third kappa shape index (κ3) is 1.76. The van der Waals surface area contributed by atoms with Gasteiger partial charge in [-0.3, -0.25) is 4.98 Å². The van der Waals surface area contributed by atoms with Crippen molar-refractivity contribution in [2.45, 2.75) is 0 Å². The number of halogens is 2. The predicted molar refractivity (Wildman–Crippen MR) is 58.7 cm³/mol. The molecular weight excluding hydrogens is 237 g/mol. The summed E-state index contributed by atoms with van der Waals surface area (Å²) in [5.41, 5.74) is 0.606. The number of aromatic carboxylic acids is 1. The maximum atomic E-state index is 10.9. The standard InChI is InChI=1S/C10H5Cl2NO2/c11-5-3-7(12)9-6(10(14)15)1-2-13-8(9)4-5/h1-4H,(H,14,15). The molecule has 76 valence electrons. The van der Waals surface area contributed by atoms with Gasteiger partial charge in [0.05, 0.1) is 16.1 Å². The molecule has 1 heterocycles. The van der Waals surface area contributed by atoms with Crippen LogP contribution >= 0.6 is 23.2 Å². The van der Waals surface area contributed by atoms with Crippen molar-refractivity contribution in [1.82, 2.24) is 4.98 Å². The van der Waals surface area contributed by atoms with Crippen LogP contribution in [0.4, 0.5) is 0 Å². The van der Waals surface area contributed by atoms with Crippen molar-refractivity contribution in [3.05, 3.63) is 40.0 Å². The van der Waals surface area contributed by atoms with E-state index in [1.54, 1.807) is 6.07 Å². The molecule has 0 fully saturated rings. The van der Waals surface area contributed by atoms with Crippen molar-refractivity contribution < 1.29 is 9.90 Å². The molecule has 0 aliphatic rings. The van der Waals surface area contributed by atoms with Crippen LogP contribution in [0.2, 0.25) is 10.0 Å². The summed E-state index contributed by atoms with van der Waals surface area (Å²) in [6.45, 7) is 0. The number of nitrogens with zero attached hydrogens (tertiary/aromatic N) is 1. The van der Waals surface area contributed by atoms with Gasteiger partial charge in [-0.1, -0.05) is 23.2 Å². The molecule has 0 atom stereocenters. The number of carboxylic acid groups (broad SMARTS) is 1. The monoisotopic (exact) mass is 241 g/mol. The van der Waals surface area contributed by atoms with Crippen LogP contribution in [0.1, 0.15) is 10.4 Å². The summed E-state index contributed by atoms with van der Waals surface area (Å²) < 4.78 is 0. The number of hydrogen-bond acceptors (Lipinski definition) is 2. The van der Waals surface area contributed by atoms with Gasteiger partial charge < -0.3 is 5.11 Å². The first-order chi connectivity index (χ1) is 7.09. The zero-order valence-electron chi connectivity index (χ0n) is 7.37. The molecular formula is C10H5Cl2NO2. The molecule has 0 spiro atoms. The molecule has 2 rings (SSSR count). The van der Waals surface area contributed by atoms with Crippen molar-refractivity contribution in [1.29, 1.82) is 0 Å². The fourth-order valence-electron chi connectivity index (χ4n) is 1.38. The minimum atomic E-state index is -1.04. The Labute approximate surface area is 95.3 Å². The molecule has 0 amide bonds. The smallest absolute Gasteiger partial charge is 0.336 e. The summed E-state index contributed by atoms with van der Waals surface area (Å²) in [5, 5.41) is 10.1. The molecule has 0 aliphatic carbocycles. The second kappa shape index (κ2) is 3.68. The molecule has 0 saturated carbocycles. The highest BCUT2D eigenvalue weighted by molar-refractivity contribution is 6.39. The number of fused-ring (bicyclic) bond motifs is 1. The Morgan fingerprint density at radius 3 is 2.73 bits per heavy atom. The summed E-state index contributed by atoms with van der Waals surface area (Å²) >= 11 is 11.7. The number of benzene rings is 1. The van der Waals surface area contributed by atoms with E-state index in [0.29, 0.717) is 20.9 Å². The summed E-state index contributed by atoms with van der Waals surface area (Å²) in [6, 6.07) is 4.49. The van der Waals surface area contributed by atoms with Gasteiger partial charge in [0, 0.05) is 16.6 Å². The molecule has 15 heavy (non-hydrogen) atoms. The van der Waals surface area contributed by atoms with Gasteiger partial charge in [-0.05, 0) is 18.2 Å². The third-order valence-electron chi connectivity index (χ3n) is 1.99. The van der Waals surface area contributed by atoms with E-state index in [9.17, 15) is 4.79 Å². The van der Waals surface area contributed by atoms with Gasteiger partial charge in [-0.25, -0.2) is 4.79 Å². The Morgan fingerprint density at radius 1 is 1.33 bits per heavy atom. The van der Waals surface area contributed by atoms with Gasteiger partial charge in [0.2, 0.25) is 0 Å². The van der Waals surface area contributed by atoms with E-state index in [1.807, 2.05) is 0 Å². The normalized spacial score (nSPS) is 10.5. The molecule has 1 N–H and O–H groups in total. The van der Waals surface area contributed by atoms with E-state index < -0.39 is 5.97 Å². The van der Waals surface area contributed by atoms with Gasteiger partial charge >= 0.3 is 5.97 Å². The lowest BCUT2D eigenvalue weighted by atomic mass is 10.1. The van der Waals surface area contributed by atoms with E-state index in [0.717, 1.165) is 0 Å². The SMILES string of the molecule is O=C(O)c1ccnc2cc(Cl)cc(Cl)c12. The van der Waals surface area contributed by atoms with Crippen LogP contribution in [0.25, 0.3) is 10.9 Å². The fourth-order valence-corrected chi connectivity index (χ4v) is 1.97. The summed E-state index contributed by atoms with van der Waals surface area (Å²) in [5.74, 6) is -1.04. The van der Waals surface area contributed by atoms with E-state index in [4.69, 9.17) is 28.3 Å². The molecule has 0 aliphatic heterocycles. The first-order valence-electron chi connectivity index (χ1n) is 4.06. The predicted octanol–water partition coefficient (Wildman–Crippen LogP) is 3.24. The maximum Gasteiger partial charge on any atom is 0.336 e. The number of aromatic nitrogens is 1. The Balaban J connectivity index is 2.91. The average Bonchev–Trinajstić information content (AvgIpc) is 2.16. The van der Waals surface area contributed by atoms with Crippen molar-refractivity contribution >= 4 is 40.1 Å². The lowest BCUT2D eigenvalue weighted by Crippen LogP contribution is -1.98. The Morgan fingerprint density at radius 2 is 2.07 bits per heavy atom. The Bertz CT molecular complexity index is 554. The van der Waals surface area contributed by atoms with Crippen molar-refractivity contribution in [3.8, 4) is 0 Å². The number of carbonyl (C=O) groups is 1. The fraction of sp³-hybridized carbons (Fsp3) is 0. The number of hydrogen-bond donors (Lipinski definition) is 1. The molecule has 0 unspecified atom stereocenters. The van der Waals surface area contributed by atoms with E-state index >= 15 is 0 Å². The van der Waals surface area contributed by atoms with E-state index in [2.05, 4.69) is 4.98 Å². The third-order valence-corrected chi connectivity index (χ3v) is 2.51. The van der Waals surface area contributed by atoms with Crippen LogP contribution in [0.5, 0.6) is 0 Å². The molecule has 1 aromatic heterocycles. The topological polar surface area (TPSA) is 50.2 Å². The first kappa shape index (κ1) is 10.2. The molecule has 3 nitrogen and oxygen atoms in total. The van der Waals surface area contributed by atoms with Crippen molar-refractivity contribution in [2.24, 2.45) is 0 Å². The quantitative estimate of drug-likeness (QED) is 0.834. The second-order valence-corrected chi connectivity index (χ2v) is 3.79.